The summed E-state index contributed by atoms with van der Waals surface area (Å²) in [6.45, 7) is 4.55. The Bertz CT molecular complexity index is 650. The molecule has 0 saturated carbocycles. The summed E-state index contributed by atoms with van der Waals surface area (Å²) < 4.78 is 38.9. The van der Waals surface area contributed by atoms with Crippen molar-refractivity contribution in [2.45, 2.75) is 38.9 Å². The maximum absolute atomic E-state index is 13.0. The lowest BCUT2D eigenvalue weighted by atomic mass is 10.0. The van der Waals surface area contributed by atoms with Crippen molar-refractivity contribution in [3.05, 3.63) is 23.7 Å². The highest BCUT2D eigenvalue weighted by Gasteiger charge is 2.34. The van der Waals surface area contributed by atoms with Gasteiger partial charge in [-0.3, -0.25) is 4.90 Å². The lowest BCUT2D eigenvalue weighted by molar-refractivity contribution is -0.141. The number of rotatable bonds is 4. The molecule has 0 bridgehead atoms. The Morgan fingerprint density at radius 2 is 2.23 bits per heavy atom. The van der Waals surface area contributed by atoms with Crippen LogP contribution in [0.5, 0.6) is 0 Å². The maximum atomic E-state index is 13.0. The number of nitrogens with one attached hydrogen (secondary N) is 1. The van der Waals surface area contributed by atoms with E-state index < -0.39 is 11.9 Å². The van der Waals surface area contributed by atoms with Crippen LogP contribution >= 0.6 is 0 Å². The third-order valence-corrected chi connectivity index (χ3v) is 4.23. The van der Waals surface area contributed by atoms with Crippen molar-refractivity contribution in [2.75, 3.05) is 13.1 Å². The van der Waals surface area contributed by atoms with Crippen LogP contribution in [0.4, 0.5) is 13.2 Å². The Kier molecular flexibility index (Phi) is 4.08. The third kappa shape index (κ3) is 3.09. The van der Waals surface area contributed by atoms with Gasteiger partial charge in [0, 0.05) is 13.1 Å². The first-order valence-electron chi connectivity index (χ1n) is 7.60. The van der Waals surface area contributed by atoms with Crippen LogP contribution in [-0.4, -0.2) is 32.9 Å². The fourth-order valence-electron chi connectivity index (χ4n) is 3.20. The lowest BCUT2D eigenvalue weighted by Crippen LogP contribution is -2.21. The van der Waals surface area contributed by atoms with Crippen molar-refractivity contribution in [2.24, 2.45) is 5.92 Å². The third-order valence-electron chi connectivity index (χ3n) is 4.23. The highest BCUT2D eigenvalue weighted by atomic mass is 19.4. The largest absolute Gasteiger partial charge is 0.433 e. The van der Waals surface area contributed by atoms with E-state index in [1.54, 1.807) is 0 Å². The molecule has 1 aliphatic rings. The molecule has 1 saturated heterocycles. The van der Waals surface area contributed by atoms with Gasteiger partial charge in [-0.05, 0) is 36.9 Å². The maximum Gasteiger partial charge on any atom is 0.433 e. The van der Waals surface area contributed by atoms with Crippen molar-refractivity contribution < 1.29 is 13.2 Å². The highest BCUT2D eigenvalue weighted by Crippen LogP contribution is 2.31. The summed E-state index contributed by atoms with van der Waals surface area (Å²) in [7, 11) is 0. The zero-order chi connectivity index (χ0) is 15.7. The summed E-state index contributed by atoms with van der Waals surface area (Å²) in [6.07, 6.45) is 0.400. The van der Waals surface area contributed by atoms with Gasteiger partial charge in [0.2, 0.25) is 0 Å². The molecule has 1 N–H and O–H groups in total. The van der Waals surface area contributed by atoms with Gasteiger partial charge in [0.05, 0.1) is 11.8 Å². The standard InChI is InChI=1S/C15H19F3N4/c1-2-3-10-4-5-22(7-10)8-11-6-12(15(16,17)18)21-14-13(11)19-9-20-14/h6,9-10H,2-5,7-8H2,1H3,(H,19,20,21). The van der Waals surface area contributed by atoms with E-state index in [9.17, 15) is 13.2 Å². The minimum absolute atomic E-state index is 0.133. The summed E-state index contributed by atoms with van der Waals surface area (Å²) in [6, 6.07) is 1.15. The molecule has 1 fully saturated rings. The number of pyridine rings is 1. The Morgan fingerprint density at radius 3 is 2.95 bits per heavy atom. The number of hydrogen-bond acceptors (Lipinski definition) is 3. The highest BCUT2D eigenvalue weighted by molar-refractivity contribution is 5.74. The van der Waals surface area contributed by atoms with Gasteiger partial charge in [0.1, 0.15) is 5.69 Å². The number of H-pyrrole nitrogens is 1. The fraction of sp³-hybridized carbons (Fsp3) is 0.600. The summed E-state index contributed by atoms with van der Waals surface area (Å²) in [4.78, 5) is 12.6. The Morgan fingerprint density at radius 1 is 1.41 bits per heavy atom. The number of likely N-dealkylation sites (tertiary alicyclic amines) is 1. The van der Waals surface area contributed by atoms with E-state index in [0.29, 0.717) is 23.5 Å². The average Bonchev–Trinajstić information content (AvgIpc) is 3.07. The molecule has 22 heavy (non-hydrogen) atoms. The van der Waals surface area contributed by atoms with Gasteiger partial charge in [-0.25, -0.2) is 9.97 Å². The molecule has 120 valence electrons. The molecule has 7 heteroatoms. The number of hydrogen-bond donors (Lipinski definition) is 1. The summed E-state index contributed by atoms with van der Waals surface area (Å²) in [5.74, 6) is 0.659. The second kappa shape index (κ2) is 5.87. The average molecular weight is 312 g/mol. The predicted octanol–water partition coefficient (Wildman–Crippen LogP) is 3.60. The number of fused-ring (bicyclic) bond motifs is 1. The Hall–Kier alpha value is -1.63. The van der Waals surface area contributed by atoms with Crippen molar-refractivity contribution in [1.82, 2.24) is 19.9 Å². The quantitative estimate of drug-likeness (QED) is 0.938. The lowest BCUT2D eigenvalue weighted by Gasteiger charge is -2.17. The number of alkyl halides is 3. The van der Waals surface area contributed by atoms with Crippen molar-refractivity contribution in [3.63, 3.8) is 0 Å². The van der Waals surface area contributed by atoms with Crippen molar-refractivity contribution >= 4 is 11.2 Å². The van der Waals surface area contributed by atoms with Crippen LogP contribution in [0, 0.1) is 5.92 Å². The topological polar surface area (TPSA) is 44.8 Å². The van der Waals surface area contributed by atoms with Crippen LogP contribution < -0.4 is 0 Å². The molecule has 0 spiro atoms. The van der Waals surface area contributed by atoms with Crippen LogP contribution in [0.3, 0.4) is 0 Å². The zero-order valence-corrected chi connectivity index (χ0v) is 12.5. The molecule has 2 aromatic heterocycles. The number of nitrogens with zero attached hydrogens (tertiary/aromatic N) is 3. The van der Waals surface area contributed by atoms with Gasteiger partial charge in [-0.1, -0.05) is 13.3 Å². The fourth-order valence-corrected chi connectivity index (χ4v) is 3.20. The van der Waals surface area contributed by atoms with E-state index in [-0.39, 0.29) is 5.65 Å². The number of aromatic nitrogens is 3. The first-order valence-corrected chi connectivity index (χ1v) is 7.60. The van der Waals surface area contributed by atoms with E-state index in [1.807, 2.05) is 0 Å². The molecular weight excluding hydrogens is 293 g/mol. The smallest absolute Gasteiger partial charge is 0.343 e. The minimum atomic E-state index is -4.45. The molecular formula is C15H19F3N4. The molecule has 2 aromatic rings. The summed E-state index contributed by atoms with van der Waals surface area (Å²) >= 11 is 0. The van der Waals surface area contributed by atoms with Crippen molar-refractivity contribution in [3.8, 4) is 0 Å². The molecule has 0 amide bonds. The van der Waals surface area contributed by atoms with Gasteiger partial charge in [-0.2, -0.15) is 13.2 Å². The van der Waals surface area contributed by atoms with Gasteiger partial charge in [-0.15, -0.1) is 0 Å². The Balaban J connectivity index is 1.85. The molecule has 3 rings (SSSR count). The summed E-state index contributed by atoms with van der Waals surface area (Å²) in [5, 5.41) is 0. The van der Waals surface area contributed by atoms with E-state index >= 15 is 0 Å². The molecule has 0 aromatic carbocycles. The van der Waals surface area contributed by atoms with E-state index in [0.717, 1.165) is 32.0 Å². The van der Waals surface area contributed by atoms with Crippen LogP contribution in [-0.2, 0) is 12.7 Å². The van der Waals surface area contributed by atoms with E-state index in [2.05, 4.69) is 26.8 Å². The SMILES string of the molecule is CCCC1CCN(Cc2cc(C(F)(F)F)nc3nc[nH]c23)C1. The van der Waals surface area contributed by atoms with Gasteiger partial charge < -0.3 is 4.98 Å². The molecule has 0 radical (unpaired) electrons. The number of halogens is 3. The summed E-state index contributed by atoms with van der Waals surface area (Å²) in [5.41, 5.74) is 0.486. The van der Waals surface area contributed by atoms with E-state index in [4.69, 9.17) is 0 Å². The molecule has 0 aliphatic carbocycles. The molecule has 1 unspecified atom stereocenters. The first-order chi connectivity index (χ1) is 10.5. The van der Waals surface area contributed by atoms with E-state index in [1.165, 1.54) is 12.7 Å². The molecule has 1 aliphatic heterocycles. The predicted molar refractivity (Wildman–Crippen MR) is 77.2 cm³/mol. The van der Waals surface area contributed by atoms with Crippen LogP contribution in [0.15, 0.2) is 12.4 Å². The second-order valence-electron chi connectivity index (χ2n) is 5.94. The van der Waals surface area contributed by atoms with Crippen LogP contribution in [0.2, 0.25) is 0 Å². The number of aromatic amines is 1. The monoisotopic (exact) mass is 312 g/mol. The number of imidazole rings is 1. The first kappa shape index (κ1) is 15.3. The molecule has 4 nitrogen and oxygen atoms in total. The van der Waals surface area contributed by atoms with Crippen molar-refractivity contribution in [1.29, 1.82) is 0 Å². The van der Waals surface area contributed by atoms with Gasteiger partial charge in [0.25, 0.3) is 0 Å². The van der Waals surface area contributed by atoms with Crippen LogP contribution in [0.1, 0.15) is 37.4 Å². The van der Waals surface area contributed by atoms with Gasteiger partial charge >= 0.3 is 6.18 Å². The Labute approximate surface area is 126 Å². The molecule has 1 atom stereocenters. The van der Waals surface area contributed by atoms with Gasteiger partial charge in [0.15, 0.2) is 5.65 Å². The molecule has 3 heterocycles. The second-order valence-corrected chi connectivity index (χ2v) is 5.94. The van der Waals surface area contributed by atoms with Crippen LogP contribution in [0.25, 0.3) is 11.2 Å². The zero-order valence-electron chi connectivity index (χ0n) is 12.5. The normalized spacial score (nSPS) is 20.1. The minimum Gasteiger partial charge on any atom is -0.343 e.